The number of nitrogen functional groups attached to an aromatic ring is 2. The lowest BCUT2D eigenvalue weighted by atomic mass is 10.0. The van der Waals surface area contributed by atoms with E-state index in [-0.39, 0.29) is 5.78 Å². The second kappa shape index (κ2) is 7.60. The maximum absolute atomic E-state index is 13.3. The quantitative estimate of drug-likeness (QED) is 0.220. The highest BCUT2D eigenvalue weighted by Crippen LogP contribution is 2.25. The lowest BCUT2D eigenvalue weighted by molar-refractivity contribution is 0.103. The summed E-state index contributed by atoms with van der Waals surface area (Å²) in [7, 11) is 0. The van der Waals surface area contributed by atoms with Crippen molar-refractivity contribution in [2.24, 2.45) is 0 Å². The fourth-order valence-corrected chi connectivity index (χ4v) is 4.02. The van der Waals surface area contributed by atoms with Crippen molar-refractivity contribution < 1.29 is 4.79 Å². The van der Waals surface area contributed by atoms with Crippen LogP contribution in [0.5, 0.6) is 0 Å². The molecule has 2 aromatic heterocycles. The molecule has 4 aromatic carbocycles. The monoisotopic (exact) mass is 444 g/mol. The van der Waals surface area contributed by atoms with E-state index in [9.17, 15) is 4.79 Å². The summed E-state index contributed by atoms with van der Waals surface area (Å²) >= 11 is 0. The van der Waals surface area contributed by atoms with E-state index in [0.717, 1.165) is 44.8 Å². The summed E-state index contributed by atoms with van der Waals surface area (Å²) in [5.41, 5.74) is 19.2. The van der Waals surface area contributed by atoms with E-state index in [1.54, 1.807) is 12.1 Å². The zero-order chi connectivity index (χ0) is 23.2. The van der Waals surface area contributed by atoms with Gasteiger partial charge in [-0.15, -0.1) is 0 Å². The molecular weight excluding hydrogens is 424 g/mol. The molecule has 0 saturated heterocycles. The van der Waals surface area contributed by atoms with Crippen molar-refractivity contribution in [2.75, 3.05) is 11.5 Å². The highest BCUT2D eigenvalue weighted by atomic mass is 16.1. The topological polar surface area (TPSA) is 126 Å². The number of imidazole rings is 2. The van der Waals surface area contributed by atoms with Gasteiger partial charge in [0, 0.05) is 33.6 Å². The van der Waals surface area contributed by atoms with Crippen molar-refractivity contribution >= 4 is 39.2 Å². The number of carbonyl (C=O) groups is 1. The molecule has 0 saturated carbocycles. The van der Waals surface area contributed by atoms with Crippen LogP contribution in [-0.4, -0.2) is 25.7 Å². The molecule has 34 heavy (non-hydrogen) atoms. The molecule has 7 nitrogen and oxygen atoms in total. The predicted molar refractivity (Wildman–Crippen MR) is 135 cm³/mol. The number of anilines is 2. The molecule has 2 heterocycles. The van der Waals surface area contributed by atoms with E-state index in [2.05, 4.69) is 19.9 Å². The molecule has 0 bridgehead atoms. The Morgan fingerprint density at radius 3 is 1.41 bits per heavy atom. The Morgan fingerprint density at radius 1 is 0.588 bits per heavy atom. The van der Waals surface area contributed by atoms with Crippen LogP contribution in [0.15, 0.2) is 84.9 Å². The molecule has 164 valence electrons. The largest absolute Gasteiger partial charge is 0.399 e. The number of carbonyl (C=O) groups excluding carboxylic acids is 1. The van der Waals surface area contributed by atoms with Crippen LogP contribution >= 0.6 is 0 Å². The van der Waals surface area contributed by atoms with Gasteiger partial charge in [0.05, 0.1) is 22.1 Å². The lowest BCUT2D eigenvalue weighted by Gasteiger charge is -2.01. The number of rotatable bonds is 4. The van der Waals surface area contributed by atoms with Gasteiger partial charge in [0.25, 0.3) is 0 Å². The minimum atomic E-state index is -0.0731. The number of nitrogens with two attached hydrogens (primary N) is 2. The molecule has 0 fully saturated rings. The SMILES string of the molecule is Nc1ccc(-c2nc3ccc(C(=O)c4ccc5nc(-c6ccc(N)cc6)[nH]c5c4)cc3[nH]2)cc1. The summed E-state index contributed by atoms with van der Waals surface area (Å²) in [5, 5.41) is 0. The average Bonchev–Trinajstić information content (AvgIpc) is 3.48. The maximum Gasteiger partial charge on any atom is 0.193 e. The molecule has 6 aromatic rings. The first kappa shape index (κ1) is 19.8. The van der Waals surface area contributed by atoms with E-state index in [0.29, 0.717) is 22.5 Å². The second-order valence-electron chi connectivity index (χ2n) is 8.21. The van der Waals surface area contributed by atoms with Gasteiger partial charge in [-0.3, -0.25) is 4.79 Å². The molecule has 0 atom stereocenters. The van der Waals surface area contributed by atoms with Gasteiger partial charge in [0.2, 0.25) is 0 Å². The molecule has 6 rings (SSSR count). The highest BCUT2D eigenvalue weighted by molar-refractivity contribution is 6.11. The Bertz CT molecular complexity index is 1550. The number of ketones is 1. The van der Waals surface area contributed by atoms with E-state index < -0.39 is 0 Å². The van der Waals surface area contributed by atoms with Crippen molar-refractivity contribution in [3.8, 4) is 22.8 Å². The summed E-state index contributed by atoms with van der Waals surface area (Å²) in [6.07, 6.45) is 0. The summed E-state index contributed by atoms with van der Waals surface area (Å²) in [6, 6.07) is 26.0. The van der Waals surface area contributed by atoms with Crippen LogP contribution in [0, 0.1) is 0 Å². The Labute approximate surface area is 194 Å². The first-order chi connectivity index (χ1) is 16.5. The number of hydrogen-bond acceptors (Lipinski definition) is 5. The number of nitrogens with one attached hydrogen (secondary N) is 2. The predicted octanol–water partition coefficient (Wildman–Crippen LogP) is 5.17. The molecule has 0 aliphatic carbocycles. The Morgan fingerprint density at radius 2 is 1.00 bits per heavy atom. The lowest BCUT2D eigenvalue weighted by Crippen LogP contribution is -2.01. The second-order valence-corrected chi connectivity index (χ2v) is 8.21. The van der Waals surface area contributed by atoms with Crippen LogP contribution in [-0.2, 0) is 0 Å². The van der Waals surface area contributed by atoms with Gasteiger partial charge in [-0.2, -0.15) is 0 Å². The summed E-state index contributed by atoms with van der Waals surface area (Å²) < 4.78 is 0. The molecule has 0 unspecified atom stereocenters. The minimum absolute atomic E-state index is 0.0731. The molecule has 0 spiro atoms. The zero-order valence-electron chi connectivity index (χ0n) is 18.0. The fourth-order valence-electron chi connectivity index (χ4n) is 4.02. The Balaban J connectivity index is 1.32. The van der Waals surface area contributed by atoms with Crippen LogP contribution in [0.1, 0.15) is 15.9 Å². The first-order valence-corrected chi connectivity index (χ1v) is 10.8. The molecule has 0 aliphatic heterocycles. The van der Waals surface area contributed by atoms with Gasteiger partial charge in [-0.05, 0) is 84.9 Å². The molecule has 0 aliphatic rings. The molecule has 7 heteroatoms. The van der Waals surface area contributed by atoms with E-state index >= 15 is 0 Å². The van der Waals surface area contributed by atoms with Crippen molar-refractivity contribution in [1.82, 2.24) is 19.9 Å². The number of aromatic amines is 2. The molecule has 0 amide bonds. The molecule has 0 radical (unpaired) electrons. The van der Waals surface area contributed by atoms with Crippen LogP contribution < -0.4 is 11.5 Å². The van der Waals surface area contributed by atoms with E-state index in [1.807, 2.05) is 72.8 Å². The number of nitrogens with zero attached hydrogens (tertiary/aromatic N) is 2. The van der Waals surface area contributed by atoms with Crippen molar-refractivity contribution in [3.05, 3.63) is 96.1 Å². The van der Waals surface area contributed by atoms with Crippen LogP contribution in [0.4, 0.5) is 11.4 Å². The van der Waals surface area contributed by atoms with Crippen LogP contribution in [0.3, 0.4) is 0 Å². The third kappa shape index (κ3) is 3.45. The third-order valence-electron chi connectivity index (χ3n) is 5.86. The number of H-pyrrole nitrogens is 2. The number of fused-ring (bicyclic) bond motifs is 2. The van der Waals surface area contributed by atoms with Crippen molar-refractivity contribution in [2.45, 2.75) is 0 Å². The van der Waals surface area contributed by atoms with Crippen LogP contribution in [0.25, 0.3) is 44.8 Å². The fraction of sp³-hybridized carbons (Fsp3) is 0. The van der Waals surface area contributed by atoms with Gasteiger partial charge in [-0.25, -0.2) is 9.97 Å². The van der Waals surface area contributed by atoms with Gasteiger partial charge in [-0.1, -0.05) is 0 Å². The van der Waals surface area contributed by atoms with Crippen molar-refractivity contribution in [1.29, 1.82) is 0 Å². The van der Waals surface area contributed by atoms with E-state index in [1.165, 1.54) is 0 Å². The Hall–Kier alpha value is -4.91. The van der Waals surface area contributed by atoms with E-state index in [4.69, 9.17) is 11.5 Å². The smallest absolute Gasteiger partial charge is 0.193 e. The number of hydrogen-bond donors (Lipinski definition) is 4. The van der Waals surface area contributed by atoms with Gasteiger partial charge in [0.1, 0.15) is 11.6 Å². The normalized spacial score (nSPS) is 11.3. The number of aromatic nitrogens is 4. The van der Waals surface area contributed by atoms with Gasteiger partial charge in [0.15, 0.2) is 5.78 Å². The average molecular weight is 444 g/mol. The van der Waals surface area contributed by atoms with Gasteiger partial charge >= 0.3 is 0 Å². The first-order valence-electron chi connectivity index (χ1n) is 10.8. The molecule has 6 N–H and O–H groups in total. The summed E-state index contributed by atoms with van der Waals surface area (Å²) in [4.78, 5) is 29.1. The standard InChI is InChI=1S/C27H20N6O/c28-19-7-1-15(2-8-19)26-30-21-11-5-17(13-23(21)32-26)25(34)18-6-12-22-24(14-18)33-27(31-22)16-3-9-20(29)10-4-16/h1-14H,28-29H2,(H,30,32)(H,31,33). The van der Waals surface area contributed by atoms with Gasteiger partial charge < -0.3 is 21.4 Å². The molecular formula is C27H20N6O. The third-order valence-corrected chi connectivity index (χ3v) is 5.86. The minimum Gasteiger partial charge on any atom is -0.399 e. The summed E-state index contributed by atoms with van der Waals surface area (Å²) in [5.74, 6) is 1.39. The Kier molecular flexibility index (Phi) is 4.41. The van der Waals surface area contributed by atoms with Crippen LogP contribution in [0.2, 0.25) is 0 Å². The highest BCUT2D eigenvalue weighted by Gasteiger charge is 2.14. The summed E-state index contributed by atoms with van der Waals surface area (Å²) in [6.45, 7) is 0. The number of benzene rings is 4. The maximum atomic E-state index is 13.3. The van der Waals surface area contributed by atoms with Crippen molar-refractivity contribution in [3.63, 3.8) is 0 Å². The zero-order valence-corrected chi connectivity index (χ0v) is 18.0.